The van der Waals surface area contributed by atoms with Crippen molar-refractivity contribution in [1.29, 1.82) is 0 Å². The number of amides is 3. The van der Waals surface area contributed by atoms with Gasteiger partial charge in [0.25, 0.3) is 5.91 Å². The van der Waals surface area contributed by atoms with Gasteiger partial charge in [-0.05, 0) is 48.2 Å². The highest BCUT2D eigenvalue weighted by atomic mass is 35.5. The third-order valence-electron chi connectivity index (χ3n) is 11.5. The number of halogens is 4. The Balaban J connectivity index is 1.05. The molecule has 2 fully saturated rings. The molecule has 4 aromatic carbocycles. The number of hydrogen-bond acceptors (Lipinski definition) is 7. The van der Waals surface area contributed by atoms with Gasteiger partial charge < -0.3 is 5.32 Å². The van der Waals surface area contributed by atoms with E-state index in [-0.39, 0.29) is 39.9 Å². The molecule has 0 aromatic heterocycles. The highest BCUT2D eigenvalue weighted by molar-refractivity contribution is 6.42. The van der Waals surface area contributed by atoms with Crippen LogP contribution in [0.3, 0.4) is 0 Å². The van der Waals surface area contributed by atoms with Crippen molar-refractivity contribution in [2.75, 3.05) is 15.2 Å². The second kappa shape index (κ2) is 22.9. The van der Waals surface area contributed by atoms with Crippen molar-refractivity contribution in [1.82, 2.24) is 5.43 Å². The molecule has 0 bridgehead atoms. The number of carbonyl (C=O) groups is 3. The molecule has 0 aliphatic carbocycles. The quantitative estimate of drug-likeness (QED) is 0.0438. The average molecular weight is 895 g/mol. The number of imide groups is 1. The Kier molecular flexibility index (Phi) is 17.5. The van der Waals surface area contributed by atoms with Gasteiger partial charge in [0.15, 0.2) is 6.04 Å². The lowest BCUT2D eigenvalue weighted by Crippen LogP contribution is -2.42. The lowest BCUT2D eigenvalue weighted by molar-refractivity contribution is -0.122. The molecule has 2 N–H and O–H groups in total. The van der Waals surface area contributed by atoms with Gasteiger partial charge in [0.1, 0.15) is 6.17 Å². The minimum Gasteiger partial charge on any atom is -0.365 e. The number of azo groups is 1. The molecule has 0 radical (unpaired) electrons. The monoisotopic (exact) mass is 892 g/mol. The smallest absolute Gasteiger partial charge is 0.271 e. The first-order valence-corrected chi connectivity index (χ1v) is 23.2. The van der Waals surface area contributed by atoms with E-state index in [0.29, 0.717) is 33.5 Å². The van der Waals surface area contributed by atoms with E-state index in [0.717, 1.165) is 30.0 Å². The molecule has 0 saturated carbocycles. The number of rotatable bonds is 23. The maximum Gasteiger partial charge on any atom is 0.271 e. The minimum atomic E-state index is -1.12. The Morgan fingerprint density at radius 3 is 1.93 bits per heavy atom. The summed E-state index contributed by atoms with van der Waals surface area (Å²) in [4.78, 5) is 42.4. The summed E-state index contributed by atoms with van der Waals surface area (Å²) >= 11 is 26.0. The highest BCUT2D eigenvalue weighted by Crippen LogP contribution is 2.40. The Morgan fingerprint density at radius 2 is 1.28 bits per heavy atom. The number of hydrogen-bond donors (Lipinski definition) is 2. The predicted molar refractivity (Wildman–Crippen MR) is 248 cm³/mol. The summed E-state index contributed by atoms with van der Waals surface area (Å²) in [5.41, 5.74) is 4.69. The van der Waals surface area contributed by atoms with Crippen LogP contribution in [0.15, 0.2) is 83.0 Å². The van der Waals surface area contributed by atoms with E-state index in [1.54, 1.807) is 18.2 Å². The highest BCUT2D eigenvalue weighted by Gasteiger charge is 2.44. The molecule has 2 aliphatic rings. The predicted octanol–water partition coefficient (Wildman–Crippen LogP) is 14.4. The molecule has 9 nitrogen and oxygen atoms in total. The van der Waals surface area contributed by atoms with Gasteiger partial charge in [-0.3, -0.25) is 19.3 Å². The molecule has 60 heavy (non-hydrogen) atoms. The van der Waals surface area contributed by atoms with Crippen molar-refractivity contribution in [3.63, 3.8) is 0 Å². The maximum atomic E-state index is 14.1. The molecule has 0 unspecified atom stereocenters. The number of anilines is 3. The van der Waals surface area contributed by atoms with Crippen molar-refractivity contribution in [2.24, 2.45) is 16.1 Å². The number of carbonyl (C=O) groups excluding carboxylic acids is 3. The van der Waals surface area contributed by atoms with Gasteiger partial charge in [-0.2, -0.15) is 10.2 Å². The van der Waals surface area contributed by atoms with Crippen LogP contribution >= 0.6 is 46.4 Å². The zero-order chi connectivity index (χ0) is 42.4. The van der Waals surface area contributed by atoms with Crippen molar-refractivity contribution in [2.45, 2.75) is 135 Å². The molecular formula is C47H56Cl4N6O3. The van der Waals surface area contributed by atoms with Crippen LogP contribution < -0.4 is 20.7 Å². The summed E-state index contributed by atoms with van der Waals surface area (Å²) in [6.45, 7) is 2.27. The van der Waals surface area contributed by atoms with E-state index in [4.69, 9.17) is 46.4 Å². The summed E-state index contributed by atoms with van der Waals surface area (Å²) in [6.07, 6.45) is 20.5. The third-order valence-corrected chi connectivity index (χ3v) is 12.6. The molecular weight excluding hydrogens is 838 g/mol. The molecule has 6 rings (SSSR count). The van der Waals surface area contributed by atoms with Crippen LogP contribution in [0.25, 0.3) is 10.8 Å². The second-order valence-corrected chi connectivity index (χ2v) is 17.7. The fraction of sp³-hybridized carbons (Fsp3) is 0.468. The van der Waals surface area contributed by atoms with E-state index in [1.165, 1.54) is 106 Å². The van der Waals surface area contributed by atoms with Gasteiger partial charge in [0.05, 0.1) is 37.8 Å². The van der Waals surface area contributed by atoms with Crippen LogP contribution in [0.4, 0.5) is 22.7 Å². The van der Waals surface area contributed by atoms with Crippen LogP contribution in [0.1, 0.15) is 122 Å². The van der Waals surface area contributed by atoms with E-state index in [2.05, 4.69) is 27.9 Å². The number of nitrogens with one attached hydrogen (secondary N) is 2. The summed E-state index contributed by atoms with van der Waals surface area (Å²) in [7, 11) is 0. The van der Waals surface area contributed by atoms with Crippen LogP contribution in [0.2, 0.25) is 20.1 Å². The van der Waals surface area contributed by atoms with Crippen LogP contribution in [0, 0.1) is 5.92 Å². The van der Waals surface area contributed by atoms with Gasteiger partial charge in [-0.25, -0.2) is 10.4 Å². The van der Waals surface area contributed by atoms with E-state index < -0.39 is 18.1 Å². The van der Waals surface area contributed by atoms with Crippen LogP contribution in [0.5, 0.6) is 0 Å². The summed E-state index contributed by atoms with van der Waals surface area (Å²) in [5, 5.41) is 16.3. The number of benzene rings is 4. The number of unbranched alkanes of at least 4 members (excludes halogenated alkanes) is 15. The lowest BCUT2D eigenvalue weighted by atomic mass is 9.98. The zero-order valence-corrected chi connectivity index (χ0v) is 37.4. The van der Waals surface area contributed by atoms with Crippen LogP contribution in [-0.4, -0.2) is 29.9 Å². The standard InChI is InChI=1S/C47H56Cl4N6O3/c1-2-3-4-5-6-7-8-9-10-11-12-13-14-15-16-17-22-33-28-42(58)56(46(33)59)35-26-27-37(49)41(31-35)52-45-43(54-53-40-25-20-23-32-21-18-19-24-36(32)40)47(60)57(55-45)44-38(50)29-34(48)30-39(44)51/h18-21,23-27,29-31,33,43,45,52,55H,2-17,22,28H2,1H3/t33-,43+,45+/m1/s1. The molecule has 4 aromatic rings. The third kappa shape index (κ3) is 12.0. The summed E-state index contributed by atoms with van der Waals surface area (Å²) < 4.78 is 0. The maximum absolute atomic E-state index is 14.1. The topological polar surface area (TPSA) is 106 Å². The Bertz CT molecular complexity index is 2100. The number of hydrazine groups is 1. The first kappa shape index (κ1) is 45.8. The Labute approximate surface area is 374 Å². The van der Waals surface area contributed by atoms with Crippen LogP contribution in [-0.2, 0) is 14.4 Å². The van der Waals surface area contributed by atoms with E-state index >= 15 is 0 Å². The van der Waals surface area contributed by atoms with Crippen molar-refractivity contribution in [3.05, 3.63) is 92.9 Å². The molecule has 320 valence electrons. The molecule has 2 heterocycles. The SMILES string of the molecule is CCCCCCCCCCCCCCCCCC[C@@H]1CC(=O)N(c2ccc(Cl)c(N[C@H]3NN(c4c(Cl)cc(Cl)cc4Cl)C(=O)[C@H]3N=Nc3cccc4ccccc34)c2)C1=O. The molecule has 0 spiro atoms. The van der Waals surface area contributed by atoms with Crippen molar-refractivity contribution < 1.29 is 14.4 Å². The number of nitrogens with zero attached hydrogens (tertiary/aromatic N) is 4. The second-order valence-electron chi connectivity index (χ2n) is 16.0. The van der Waals surface area contributed by atoms with Crippen molar-refractivity contribution in [3.8, 4) is 0 Å². The molecule has 3 amide bonds. The fourth-order valence-corrected chi connectivity index (χ4v) is 9.34. The van der Waals surface area contributed by atoms with Gasteiger partial charge in [0, 0.05) is 22.7 Å². The molecule has 13 heteroatoms. The Hall–Kier alpha value is -3.73. The average Bonchev–Trinajstić information content (AvgIpc) is 3.69. The van der Waals surface area contributed by atoms with E-state index in [9.17, 15) is 14.4 Å². The van der Waals surface area contributed by atoms with Gasteiger partial charge in [-0.15, -0.1) is 0 Å². The normalized spacial score (nSPS) is 18.2. The van der Waals surface area contributed by atoms with Gasteiger partial charge in [0.2, 0.25) is 11.8 Å². The van der Waals surface area contributed by atoms with Crippen molar-refractivity contribution >= 4 is 97.6 Å². The number of fused-ring (bicyclic) bond motifs is 1. The molecule has 3 atom stereocenters. The Morgan fingerprint density at radius 1 is 0.683 bits per heavy atom. The zero-order valence-electron chi connectivity index (χ0n) is 34.4. The van der Waals surface area contributed by atoms with Gasteiger partial charge >= 0.3 is 0 Å². The van der Waals surface area contributed by atoms with E-state index in [1.807, 2.05) is 42.5 Å². The summed E-state index contributed by atoms with van der Waals surface area (Å²) in [6, 6.07) is 20.2. The first-order valence-electron chi connectivity index (χ1n) is 21.7. The largest absolute Gasteiger partial charge is 0.365 e. The fourth-order valence-electron chi connectivity index (χ4n) is 8.18. The molecule has 2 saturated heterocycles. The lowest BCUT2D eigenvalue weighted by Gasteiger charge is -2.22. The minimum absolute atomic E-state index is 0.152. The van der Waals surface area contributed by atoms with Gasteiger partial charge in [-0.1, -0.05) is 192 Å². The first-order chi connectivity index (χ1) is 29.2. The molecule has 2 aliphatic heterocycles. The summed E-state index contributed by atoms with van der Waals surface area (Å²) in [5.74, 6) is -1.30.